The van der Waals surface area contributed by atoms with Crippen molar-refractivity contribution < 1.29 is 19.1 Å². The van der Waals surface area contributed by atoms with Crippen LogP contribution in [0.5, 0.6) is 0 Å². The van der Waals surface area contributed by atoms with Gasteiger partial charge in [0.1, 0.15) is 0 Å². The summed E-state index contributed by atoms with van der Waals surface area (Å²) < 4.78 is 9.83. The Kier molecular flexibility index (Phi) is 4.13. The highest BCUT2D eigenvalue weighted by atomic mass is 16.6. The van der Waals surface area contributed by atoms with Crippen molar-refractivity contribution in [1.82, 2.24) is 4.90 Å². The summed E-state index contributed by atoms with van der Waals surface area (Å²) in [5, 5.41) is 0. The van der Waals surface area contributed by atoms with E-state index in [4.69, 9.17) is 4.74 Å². The van der Waals surface area contributed by atoms with Crippen LogP contribution in [0.3, 0.4) is 0 Å². The molecule has 0 atom stereocenters. The summed E-state index contributed by atoms with van der Waals surface area (Å²) in [6.45, 7) is 4.40. The van der Waals surface area contributed by atoms with Crippen molar-refractivity contribution >= 4 is 18.0 Å². The van der Waals surface area contributed by atoms with Crippen molar-refractivity contribution in [1.29, 1.82) is 0 Å². The SMILES string of the molecule is O=C1C/C(=C\c2ccc(CN3CCOCC3)cc2)C(=O)O1. The Labute approximate surface area is 123 Å². The summed E-state index contributed by atoms with van der Waals surface area (Å²) in [7, 11) is 0. The number of ether oxygens (including phenoxy) is 2. The van der Waals surface area contributed by atoms with Crippen molar-refractivity contribution in [3.63, 3.8) is 0 Å². The van der Waals surface area contributed by atoms with E-state index in [1.807, 2.05) is 24.3 Å². The highest BCUT2D eigenvalue weighted by Crippen LogP contribution is 2.19. The minimum absolute atomic E-state index is 0.0639. The van der Waals surface area contributed by atoms with Crippen LogP contribution in [0, 0.1) is 0 Å². The number of morpholine rings is 1. The molecular weight excluding hydrogens is 270 g/mol. The van der Waals surface area contributed by atoms with Crippen LogP contribution in [0.15, 0.2) is 29.8 Å². The standard InChI is InChI=1S/C16H17NO4/c18-15-10-14(16(19)21-15)9-12-1-3-13(4-2-12)11-17-5-7-20-8-6-17/h1-4,9H,5-8,10-11H2/b14-9+. The average Bonchev–Trinajstić information content (AvgIpc) is 2.80. The highest BCUT2D eigenvalue weighted by Gasteiger charge is 2.26. The zero-order chi connectivity index (χ0) is 14.7. The molecule has 0 bridgehead atoms. The van der Waals surface area contributed by atoms with Crippen LogP contribution in [0.2, 0.25) is 0 Å². The van der Waals surface area contributed by atoms with E-state index in [-0.39, 0.29) is 6.42 Å². The van der Waals surface area contributed by atoms with E-state index >= 15 is 0 Å². The Bertz CT molecular complexity index is 570. The Balaban J connectivity index is 1.65. The van der Waals surface area contributed by atoms with Gasteiger partial charge in [-0.25, -0.2) is 4.79 Å². The van der Waals surface area contributed by atoms with E-state index in [0.717, 1.165) is 38.4 Å². The van der Waals surface area contributed by atoms with Crippen LogP contribution in [0.25, 0.3) is 6.08 Å². The second-order valence-electron chi connectivity index (χ2n) is 5.24. The molecule has 0 spiro atoms. The van der Waals surface area contributed by atoms with Gasteiger partial charge in [0.2, 0.25) is 0 Å². The van der Waals surface area contributed by atoms with Crippen LogP contribution in [-0.4, -0.2) is 43.1 Å². The maximum absolute atomic E-state index is 11.4. The summed E-state index contributed by atoms with van der Waals surface area (Å²) >= 11 is 0. The summed E-state index contributed by atoms with van der Waals surface area (Å²) in [4.78, 5) is 24.8. The van der Waals surface area contributed by atoms with Gasteiger partial charge in [-0.15, -0.1) is 0 Å². The lowest BCUT2D eigenvalue weighted by Crippen LogP contribution is -2.35. The number of hydrogen-bond donors (Lipinski definition) is 0. The van der Waals surface area contributed by atoms with Crippen LogP contribution in [0.4, 0.5) is 0 Å². The van der Waals surface area contributed by atoms with Gasteiger partial charge in [0.05, 0.1) is 19.6 Å². The molecule has 0 saturated carbocycles. The fourth-order valence-corrected chi connectivity index (χ4v) is 2.48. The Morgan fingerprint density at radius 3 is 2.43 bits per heavy atom. The first kappa shape index (κ1) is 14.0. The molecule has 0 N–H and O–H groups in total. The van der Waals surface area contributed by atoms with E-state index in [1.54, 1.807) is 6.08 Å². The zero-order valence-corrected chi connectivity index (χ0v) is 11.7. The summed E-state index contributed by atoms with van der Waals surface area (Å²) in [6.07, 6.45) is 1.78. The van der Waals surface area contributed by atoms with E-state index < -0.39 is 11.9 Å². The van der Waals surface area contributed by atoms with E-state index in [9.17, 15) is 9.59 Å². The van der Waals surface area contributed by atoms with Crippen molar-refractivity contribution in [2.45, 2.75) is 13.0 Å². The van der Waals surface area contributed by atoms with Crippen molar-refractivity contribution in [3.8, 4) is 0 Å². The second-order valence-corrected chi connectivity index (χ2v) is 5.24. The highest BCUT2D eigenvalue weighted by molar-refractivity contribution is 6.08. The molecule has 0 radical (unpaired) electrons. The lowest BCUT2D eigenvalue weighted by Gasteiger charge is -2.26. The number of hydrogen-bond acceptors (Lipinski definition) is 5. The predicted molar refractivity (Wildman–Crippen MR) is 76.2 cm³/mol. The average molecular weight is 287 g/mol. The third-order valence-corrected chi connectivity index (χ3v) is 3.63. The fraction of sp³-hybridized carbons (Fsp3) is 0.375. The molecule has 5 heteroatoms. The molecule has 21 heavy (non-hydrogen) atoms. The van der Waals surface area contributed by atoms with Gasteiger partial charge < -0.3 is 9.47 Å². The molecule has 1 aromatic carbocycles. The van der Waals surface area contributed by atoms with Crippen LogP contribution in [0.1, 0.15) is 17.5 Å². The van der Waals surface area contributed by atoms with Gasteiger partial charge >= 0.3 is 11.9 Å². The summed E-state index contributed by atoms with van der Waals surface area (Å²) in [5.74, 6) is -1.01. The molecule has 2 fully saturated rings. The van der Waals surface area contributed by atoms with E-state index in [0.29, 0.717) is 5.57 Å². The number of carbonyl (C=O) groups excluding carboxylic acids is 2. The number of esters is 2. The van der Waals surface area contributed by atoms with Crippen molar-refractivity contribution in [2.24, 2.45) is 0 Å². The first-order valence-electron chi connectivity index (χ1n) is 7.05. The molecular formula is C16H17NO4. The van der Waals surface area contributed by atoms with Gasteiger partial charge in [-0.3, -0.25) is 9.69 Å². The fourth-order valence-electron chi connectivity index (χ4n) is 2.48. The van der Waals surface area contributed by atoms with E-state index in [2.05, 4.69) is 9.64 Å². The minimum atomic E-state index is -0.530. The van der Waals surface area contributed by atoms with Crippen LogP contribution >= 0.6 is 0 Å². The lowest BCUT2D eigenvalue weighted by molar-refractivity contribution is -0.151. The van der Waals surface area contributed by atoms with Gasteiger partial charge in [-0.05, 0) is 17.2 Å². The van der Waals surface area contributed by atoms with Gasteiger partial charge in [0.25, 0.3) is 0 Å². The molecule has 0 amide bonds. The first-order chi connectivity index (χ1) is 10.2. The monoisotopic (exact) mass is 287 g/mol. The van der Waals surface area contributed by atoms with Gasteiger partial charge in [0.15, 0.2) is 0 Å². The van der Waals surface area contributed by atoms with Crippen LogP contribution in [-0.2, 0) is 25.6 Å². The normalized spacial score (nSPS) is 21.8. The molecule has 2 aliphatic rings. The Hall–Kier alpha value is -1.98. The molecule has 5 nitrogen and oxygen atoms in total. The Morgan fingerprint density at radius 1 is 1.10 bits per heavy atom. The minimum Gasteiger partial charge on any atom is -0.389 e. The molecule has 0 unspecified atom stereocenters. The number of nitrogens with zero attached hydrogens (tertiary/aromatic N) is 1. The summed E-state index contributed by atoms with van der Waals surface area (Å²) in [6, 6.07) is 8.01. The smallest absolute Gasteiger partial charge is 0.342 e. The predicted octanol–water partition coefficient (Wildman–Crippen LogP) is 1.38. The van der Waals surface area contributed by atoms with Gasteiger partial charge in [-0.1, -0.05) is 24.3 Å². The molecule has 2 saturated heterocycles. The third kappa shape index (κ3) is 3.56. The number of benzene rings is 1. The molecule has 0 aliphatic carbocycles. The third-order valence-electron chi connectivity index (χ3n) is 3.63. The largest absolute Gasteiger partial charge is 0.389 e. The van der Waals surface area contributed by atoms with Crippen LogP contribution < -0.4 is 0 Å². The number of carbonyl (C=O) groups is 2. The zero-order valence-electron chi connectivity index (χ0n) is 11.7. The second kappa shape index (κ2) is 6.20. The molecule has 2 heterocycles. The first-order valence-corrected chi connectivity index (χ1v) is 7.05. The molecule has 1 aromatic rings. The van der Waals surface area contributed by atoms with Gasteiger partial charge in [0, 0.05) is 25.2 Å². The van der Waals surface area contributed by atoms with Crippen molar-refractivity contribution in [2.75, 3.05) is 26.3 Å². The molecule has 110 valence electrons. The quantitative estimate of drug-likeness (QED) is 0.477. The lowest BCUT2D eigenvalue weighted by atomic mass is 10.1. The Morgan fingerprint density at radius 2 is 1.81 bits per heavy atom. The molecule has 3 rings (SSSR count). The maximum atomic E-state index is 11.4. The molecule has 0 aromatic heterocycles. The summed E-state index contributed by atoms with van der Waals surface area (Å²) in [5.41, 5.74) is 2.55. The van der Waals surface area contributed by atoms with E-state index in [1.165, 1.54) is 5.56 Å². The molecule has 2 aliphatic heterocycles. The van der Waals surface area contributed by atoms with Gasteiger partial charge in [-0.2, -0.15) is 0 Å². The topological polar surface area (TPSA) is 55.8 Å². The van der Waals surface area contributed by atoms with Crippen molar-refractivity contribution in [3.05, 3.63) is 41.0 Å². The number of cyclic esters (lactones) is 2. The number of rotatable bonds is 3. The maximum Gasteiger partial charge on any atom is 0.342 e.